The molecule has 2 heterocycles. The van der Waals surface area contributed by atoms with E-state index in [1.54, 1.807) is 0 Å². The van der Waals surface area contributed by atoms with Gasteiger partial charge < -0.3 is 4.90 Å². The molecule has 0 aliphatic carbocycles. The minimum atomic E-state index is -0.0672. The number of carbonyl (C=O) groups excluding carboxylic acids is 1. The standard InChI is InChI=1S/C18H26N2O/c21-18(20-14-8-9-15-20)17(16-10-4-3-5-11-16)19-12-6-1-2-7-13-19/h3-5,10-11,17H,1-2,6-9,12-15H2. The van der Waals surface area contributed by atoms with Crippen LogP contribution in [0.2, 0.25) is 0 Å². The molecule has 2 aliphatic rings. The summed E-state index contributed by atoms with van der Waals surface area (Å²) < 4.78 is 0. The van der Waals surface area contributed by atoms with E-state index in [-0.39, 0.29) is 6.04 Å². The third-order valence-corrected chi connectivity index (χ3v) is 4.77. The Morgan fingerprint density at radius 3 is 2.00 bits per heavy atom. The average molecular weight is 286 g/mol. The molecule has 1 atom stereocenters. The lowest BCUT2D eigenvalue weighted by Crippen LogP contribution is -2.42. The van der Waals surface area contributed by atoms with Crippen LogP contribution in [0.3, 0.4) is 0 Å². The van der Waals surface area contributed by atoms with Crippen LogP contribution < -0.4 is 0 Å². The fourth-order valence-corrected chi connectivity index (χ4v) is 3.61. The van der Waals surface area contributed by atoms with Crippen LogP contribution in [-0.2, 0) is 4.79 Å². The van der Waals surface area contributed by atoms with Crippen molar-refractivity contribution in [2.24, 2.45) is 0 Å². The first-order valence-corrected chi connectivity index (χ1v) is 8.44. The van der Waals surface area contributed by atoms with Crippen molar-refractivity contribution in [3.8, 4) is 0 Å². The fraction of sp³-hybridized carbons (Fsp3) is 0.611. The molecule has 114 valence electrons. The average Bonchev–Trinajstić information content (AvgIpc) is 2.94. The molecular weight excluding hydrogens is 260 g/mol. The maximum absolute atomic E-state index is 13.0. The maximum atomic E-state index is 13.0. The monoisotopic (exact) mass is 286 g/mol. The van der Waals surface area contributed by atoms with Crippen LogP contribution in [0.1, 0.15) is 50.1 Å². The Morgan fingerprint density at radius 2 is 1.38 bits per heavy atom. The van der Waals surface area contributed by atoms with Crippen molar-refractivity contribution in [1.82, 2.24) is 9.80 Å². The molecule has 2 saturated heterocycles. The second-order valence-corrected chi connectivity index (χ2v) is 6.30. The van der Waals surface area contributed by atoms with Crippen molar-refractivity contribution in [3.63, 3.8) is 0 Å². The first-order valence-electron chi connectivity index (χ1n) is 8.44. The van der Waals surface area contributed by atoms with Crippen LogP contribution in [0.15, 0.2) is 30.3 Å². The number of nitrogens with zero attached hydrogens (tertiary/aromatic N) is 2. The summed E-state index contributed by atoms with van der Waals surface area (Å²) >= 11 is 0. The van der Waals surface area contributed by atoms with Gasteiger partial charge in [-0.15, -0.1) is 0 Å². The van der Waals surface area contributed by atoms with E-state index in [4.69, 9.17) is 0 Å². The molecule has 0 spiro atoms. The minimum Gasteiger partial charge on any atom is -0.341 e. The topological polar surface area (TPSA) is 23.6 Å². The molecule has 1 unspecified atom stereocenters. The van der Waals surface area contributed by atoms with E-state index in [1.807, 2.05) is 6.07 Å². The molecule has 1 aromatic rings. The predicted molar refractivity (Wildman–Crippen MR) is 85.0 cm³/mol. The van der Waals surface area contributed by atoms with E-state index in [1.165, 1.54) is 25.7 Å². The van der Waals surface area contributed by atoms with Gasteiger partial charge in [0.05, 0.1) is 0 Å². The maximum Gasteiger partial charge on any atom is 0.244 e. The normalized spacial score (nSPS) is 22.0. The van der Waals surface area contributed by atoms with Gasteiger partial charge in [-0.2, -0.15) is 0 Å². The van der Waals surface area contributed by atoms with Crippen LogP contribution in [0.25, 0.3) is 0 Å². The smallest absolute Gasteiger partial charge is 0.244 e. The highest BCUT2D eigenvalue weighted by Crippen LogP contribution is 2.27. The molecule has 0 N–H and O–H groups in total. The number of benzene rings is 1. The second-order valence-electron chi connectivity index (χ2n) is 6.30. The Kier molecular flexibility index (Phi) is 4.91. The number of amides is 1. The molecule has 21 heavy (non-hydrogen) atoms. The third kappa shape index (κ3) is 3.46. The summed E-state index contributed by atoms with van der Waals surface area (Å²) in [6.07, 6.45) is 7.36. The molecule has 0 aromatic heterocycles. The van der Waals surface area contributed by atoms with Crippen molar-refractivity contribution >= 4 is 5.91 Å². The van der Waals surface area contributed by atoms with E-state index in [9.17, 15) is 4.79 Å². The minimum absolute atomic E-state index is 0.0672. The van der Waals surface area contributed by atoms with Gasteiger partial charge in [-0.3, -0.25) is 9.69 Å². The highest BCUT2D eigenvalue weighted by Gasteiger charge is 2.32. The lowest BCUT2D eigenvalue weighted by Gasteiger charge is -2.33. The van der Waals surface area contributed by atoms with Gasteiger partial charge in [-0.05, 0) is 44.3 Å². The van der Waals surface area contributed by atoms with Crippen molar-refractivity contribution in [2.45, 2.75) is 44.6 Å². The number of rotatable bonds is 3. The molecule has 0 saturated carbocycles. The molecular formula is C18H26N2O. The SMILES string of the molecule is O=C(C(c1ccccc1)N1CCCCCC1)N1CCCC1. The van der Waals surface area contributed by atoms with E-state index in [0.717, 1.165) is 44.6 Å². The van der Waals surface area contributed by atoms with E-state index < -0.39 is 0 Å². The summed E-state index contributed by atoms with van der Waals surface area (Å²) in [5.74, 6) is 0.320. The van der Waals surface area contributed by atoms with Crippen molar-refractivity contribution < 1.29 is 4.79 Å². The van der Waals surface area contributed by atoms with Gasteiger partial charge in [-0.1, -0.05) is 43.2 Å². The molecule has 1 aromatic carbocycles. The summed E-state index contributed by atoms with van der Waals surface area (Å²) in [5, 5.41) is 0. The van der Waals surface area contributed by atoms with Gasteiger partial charge in [0.1, 0.15) is 6.04 Å². The molecule has 3 nitrogen and oxygen atoms in total. The van der Waals surface area contributed by atoms with Crippen molar-refractivity contribution in [1.29, 1.82) is 0 Å². The summed E-state index contributed by atoms with van der Waals surface area (Å²) in [4.78, 5) is 17.5. The van der Waals surface area contributed by atoms with Crippen molar-refractivity contribution in [3.05, 3.63) is 35.9 Å². The van der Waals surface area contributed by atoms with Crippen LogP contribution in [0, 0.1) is 0 Å². The fourth-order valence-electron chi connectivity index (χ4n) is 3.61. The Morgan fingerprint density at radius 1 is 0.810 bits per heavy atom. The van der Waals surface area contributed by atoms with Gasteiger partial charge in [0, 0.05) is 13.1 Å². The first kappa shape index (κ1) is 14.6. The number of hydrogen-bond donors (Lipinski definition) is 0. The lowest BCUT2D eigenvalue weighted by atomic mass is 10.0. The van der Waals surface area contributed by atoms with Gasteiger partial charge in [0.25, 0.3) is 0 Å². The first-order chi connectivity index (χ1) is 10.4. The zero-order valence-electron chi connectivity index (χ0n) is 12.8. The second kappa shape index (κ2) is 7.08. The van der Waals surface area contributed by atoms with Crippen LogP contribution in [-0.4, -0.2) is 41.9 Å². The Hall–Kier alpha value is -1.35. The summed E-state index contributed by atoms with van der Waals surface area (Å²) in [6, 6.07) is 10.3. The predicted octanol–water partition coefficient (Wildman–Crippen LogP) is 3.23. The third-order valence-electron chi connectivity index (χ3n) is 4.77. The summed E-state index contributed by atoms with van der Waals surface area (Å²) in [7, 11) is 0. The Bertz CT molecular complexity index is 446. The molecule has 1 amide bonds. The summed E-state index contributed by atoms with van der Waals surface area (Å²) in [6.45, 7) is 3.99. The van der Waals surface area contributed by atoms with Gasteiger partial charge in [0.2, 0.25) is 5.91 Å². The molecule has 2 fully saturated rings. The molecule has 0 bridgehead atoms. The van der Waals surface area contributed by atoms with Crippen molar-refractivity contribution in [2.75, 3.05) is 26.2 Å². The van der Waals surface area contributed by atoms with E-state index in [0.29, 0.717) is 5.91 Å². The van der Waals surface area contributed by atoms with Crippen LogP contribution in [0.4, 0.5) is 0 Å². The van der Waals surface area contributed by atoms with E-state index >= 15 is 0 Å². The summed E-state index contributed by atoms with van der Waals surface area (Å²) in [5.41, 5.74) is 1.16. The lowest BCUT2D eigenvalue weighted by molar-refractivity contribution is -0.136. The van der Waals surface area contributed by atoms with Crippen LogP contribution >= 0.6 is 0 Å². The van der Waals surface area contributed by atoms with Crippen LogP contribution in [0.5, 0.6) is 0 Å². The van der Waals surface area contributed by atoms with Gasteiger partial charge in [-0.25, -0.2) is 0 Å². The van der Waals surface area contributed by atoms with Gasteiger partial charge in [0.15, 0.2) is 0 Å². The Balaban J connectivity index is 1.84. The number of likely N-dealkylation sites (tertiary alicyclic amines) is 2. The zero-order valence-corrected chi connectivity index (χ0v) is 12.8. The number of hydrogen-bond acceptors (Lipinski definition) is 2. The molecule has 3 rings (SSSR count). The number of carbonyl (C=O) groups is 1. The molecule has 3 heteroatoms. The Labute approximate surface area is 127 Å². The van der Waals surface area contributed by atoms with E-state index in [2.05, 4.69) is 34.1 Å². The highest BCUT2D eigenvalue weighted by atomic mass is 16.2. The quantitative estimate of drug-likeness (QED) is 0.851. The highest BCUT2D eigenvalue weighted by molar-refractivity contribution is 5.83. The van der Waals surface area contributed by atoms with Gasteiger partial charge >= 0.3 is 0 Å². The molecule has 2 aliphatic heterocycles. The largest absolute Gasteiger partial charge is 0.341 e. The zero-order chi connectivity index (χ0) is 14.5. The molecule has 0 radical (unpaired) electrons.